The maximum absolute atomic E-state index is 12.2. The molecule has 0 N–H and O–H groups in total. The van der Waals surface area contributed by atoms with Gasteiger partial charge in [-0.15, -0.1) is 0 Å². The summed E-state index contributed by atoms with van der Waals surface area (Å²) in [6.45, 7) is 6.93. The number of ether oxygens (including phenoxy) is 2. The zero-order valence-electron chi connectivity index (χ0n) is 13.8. The second-order valence-corrected chi connectivity index (χ2v) is 6.56. The van der Waals surface area contributed by atoms with Gasteiger partial charge < -0.3 is 14.3 Å². The first-order valence-corrected chi connectivity index (χ1v) is 7.20. The van der Waals surface area contributed by atoms with E-state index in [-0.39, 0.29) is 0 Å². The van der Waals surface area contributed by atoms with Crippen LogP contribution in [0.15, 0.2) is 18.2 Å². The first-order valence-electron chi connectivity index (χ1n) is 6.82. The zero-order chi connectivity index (χ0) is 17.1. The molecule has 22 heavy (non-hydrogen) atoms. The van der Waals surface area contributed by atoms with E-state index in [0.717, 1.165) is 0 Å². The second-order valence-electron chi connectivity index (χ2n) is 6.15. The van der Waals surface area contributed by atoms with Gasteiger partial charge in [0.15, 0.2) is 0 Å². The number of hydrogen-bond donors (Lipinski definition) is 0. The van der Waals surface area contributed by atoms with E-state index < -0.39 is 17.2 Å². The third kappa shape index (κ3) is 3.91. The molecule has 0 heterocycles. The van der Waals surface area contributed by atoms with Crippen LogP contribution in [0.2, 0.25) is 5.02 Å². The Bertz CT molecular complexity index is 568. The minimum Gasteiger partial charge on any atom is -0.495 e. The maximum Gasteiger partial charge on any atom is 0.411 e. The lowest BCUT2D eigenvalue weighted by atomic mass is 9.92. The number of carbonyl (C=O) groups is 2. The molecule has 1 aromatic rings. The Labute approximate surface area is 136 Å². The molecule has 5 nitrogen and oxygen atoms in total. The number of benzene rings is 1. The molecule has 1 rings (SSSR count). The van der Waals surface area contributed by atoms with Crippen LogP contribution in [0.1, 0.15) is 33.3 Å². The number of carbonyl (C=O) groups excluding carboxylic acids is 2. The summed E-state index contributed by atoms with van der Waals surface area (Å²) < 4.78 is 10.5. The number of aldehydes is 1. The summed E-state index contributed by atoms with van der Waals surface area (Å²) in [5.74, 6) is 0.435. The van der Waals surface area contributed by atoms with Gasteiger partial charge in [0.25, 0.3) is 0 Å². The molecule has 0 aliphatic heterocycles. The van der Waals surface area contributed by atoms with Crippen molar-refractivity contribution >= 4 is 24.0 Å². The van der Waals surface area contributed by atoms with Crippen LogP contribution in [0, 0.1) is 0 Å². The fourth-order valence-corrected chi connectivity index (χ4v) is 2.03. The van der Waals surface area contributed by atoms with Crippen LogP contribution in [0.25, 0.3) is 0 Å². The van der Waals surface area contributed by atoms with E-state index in [1.165, 1.54) is 19.1 Å². The van der Waals surface area contributed by atoms with Crippen molar-refractivity contribution in [3.8, 4) is 5.75 Å². The fraction of sp³-hybridized carbons (Fsp3) is 0.500. The molecule has 1 aromatic carbocycles. The maximum atomic E-state index is 12.2. The molecule has 1 atom stereocenters. The van der Waals surface area contributed by atoms with Crippen molar-refractivity contribution in [1.82, 2.24) is 4.90 Å². The van der Waals surface area contributed by atoms with Crippen molar-refractivity contribution in [2.24, 2.45) is 0 Å². The zero-order valence-corrected chi connectivity index (χ0v) is 14.5. The van der Waals surface area contributed by atoms with E-state index in [2.05, 4.69) is 0 Å². The van der Waals surface area contributed by atoms with Crippen LogP contribution in [0.5, 0.6) is 5.75 Å². The highest BCUT2D eigenvalue weighted by Crippen LogP contribution is 2.33. The third-order valence-corrected chi connectivity index (χ3v) is 3.64. The van der Waals surface area contributed by atoms with E-state index in [1.807, 2.05) is 0 Å². The molecule has 0 radical (unpaired) electrons. The first kappa shape index (κ1) is 18.3. The average molecular weight is 328 g/mol. The summed E-state index contributed by atoms with van der Waals surface area (Å²) in [5.41, 5.74) is -1.26. The largest absolute Gasteiger partial charge is 0.495 e. The Hall–Kier alpha value is -1.75. The molecule has 0 aliphatic rings. The highest BCUT2D eigenvalue weighted by Gasteiger charge is 2.37. The molecule has 1 amide bonds. The minimum atomic E-state index is -1.19. The lowest BCUT2D eigenvalue weighted by Gasteiger charge is -2.35. The molecule has 0 spiro atoms. The van der Waals surface area contributed by atoms with Gasteiger partial charge in [-0.25, -0.2) is 4.79 Å². The average Bonchev–Trinajstić information content (AvgIpc) is 2.44. The number of amides is 1. The van der Waals surface area contributed by atoms with Gasteiger partial charge in [0.1, 0.15) is 23.2 Å². The van der Waals surface area contributed by atoms with Crippen LogP contribution >= 0.6 is 11.6 Å². The Morgan fingerprint density at radius 1 is 1.27 bits per heavy atom. The molecule has 0 bridgehead atoms. The van der Waals surface area contributed by atoms with Gasteiger partial charge in [0.2, 0.25) is 0 Å². The first-order chi connectivity index (χ1) is 10.0. The Morgan fingerprint density at radius 2 is 1.86 bits per heavy atom. The lowest BCUT2D eigenvalue weighted by Crippen LogP contribution is -2.48. The van der Waals surface area contributed by atoms with Gasteiger partial charge in [-0.3, -0.25) is 4.90 Å². The van der Waals surface area contributed by atoms with E-state index in [1.54, 1.807) is 45.9 Å². The van der Waals surface area contributed by atoms with Crippen LogP contribution in [0.4, 0.5) is 4.79 Å². The van der Waals surface area contributed by atoms with E-state index in [9.17, 15) is 9.59 Å². The summed E-state index contributed by atoms with van der Waals surface area (Å²) in [5, 5.41) is 0.430. The SMILES string of the molecule is COc1cc(C(C)(C=O)N(C)C(=O)OC(C)(C)C)ccc1Cl. The summed E-state index contributed by atoms with van der Waals surface area (Å²) in [7, 11) is 3.00. The molecule has 0 aliphatic carbocycles. The van der Waals surface area contributed by atoms with E-state index >= 15 is 0 Å². The molecule has 0 saturated carbocycles. The molecule has 122 valence electrons. The van der Waals surface area contributed by atoms with E-state index in [0.29, 0.717) is 22.6 Å². The van der Waals surface area contributed by atoms with Crippen molar-refractivity contribution in [3.63, 3.8) is 0 Å². The fourth-order valence-electron chi connectivity index (χ4n) is 1.84. The van der Waals surface area contributed by atoms with Gasteiger partial charge >= 0.3 is 6.09 Å². The standard InChI is InChI=1S/C16H22ClNO4/c1-15(2,3)22-14(20)18(5)16(4,10-19)11-7-8-12(17)13(9-11)21-6/h7-10H,1-6H3. The van der Waals surface area contributed by atoms with Gasteiger partial charge in [0.05, 0.1) is 12.1 Å². The van der Waals surface area contributed by atoms with Gasteiger partial charge in [-0.1, -0.05) is 17.7 Å². The molecule has 0 aromatic heterocycles. The summed E-state index contributed by atoms with van der Waals surface area (Å²) in [4.78, 5) is 25.2. The summed E-state index contributed by atoms with van der Waals surface area (Å²) in [6.07, 6.45) is 0.107. The molecule has 1 unspecified atom stereocenters. The van der Waals surface area contributed by atoms with Crippen LogP contribution < -0.4 is 4.74 Å². The van der Waals surface area contributed by atoms with Crippen LogP contribution in [-0.2, 0) is 15.1 Å². The molecule has 0 fully saturated rings. The number of nitrogens with zero attached hydrogens (tertiary/aromatic N) is 1. The second kappa shape index (κ2) is 6.57. The number of hydrogen-bond acceptors (Lipinski definition) is 4. The van der Waals surface area contributed by atoms with Gasteiger partial charge in [-0.05, 0) is 45.4 Å². The predicted octanol–water partition coefficient (Wildman–Crippen LogP) is 3.63. The predicted molar refractivity (Wildman–Crippen MR) is 85.4 cm³/mol. The molecular weight excluding hydrogens is 306 g/mol. The molecular formula is C16H22ClNO4. The lowest BCUT2D eigenvalue weighted by molar-refractivity contribution is -0.117. The number of halogens is 1. The van der Waals surface area contributed by atoms with Crippen LogP contribution in [-0.4, -0.2) is 37.0 Å². The van der Waals surface area contributed by atoms with Crippen molar-refractivity contribution in [1.29, 1.82) is 0 Å². The van der Waals surface area contributed by atoms with E-state index in [4.69, 9.17) is 21.1 Å². The van der Waals surface area contributed by atoms with Gasteiger partial charge in [0, 0.05) is 7.05 Å². The third-order valence-electron chi connectivity index (χ3n) is 3.33. The van der Waals surface area contributed by atoms with Gasteiger partial charge in [-0.2, -0.15) is 0 Å². The Kier molecular flexibility index (Phi) is 5.46. The summed E-state index contributed by atoms with van der Waals surface area (Å²) >= 11 is 6.00. The Balaban J connectivity index is 3.20. The smallest absolute Gasteiger partial charge is 0.411 e. The topological polar surface area (TPSA) is 55.8 Å². The minimum absolute atomic E-state index is 0.430. The van der Waals surface area contributed by atoms with Crippen molar-refractivity contribution in [2.45, 2.75) is 38.8 Å². The highest BCUT2D eigenvalue weighted by molar-refractivity contribution is 6.32. The molecule has 0 saturated heterocycles. The van der Waals surface area contributed by atoms with Crippen molar-refractivity contribution < 1.29 is 19.1 Å². The van der Waals surface area contributed by atoms with Crippen molar-refractivity contribution in [2.75, 3.05) is 14.2 Å². The van der Waals surface area contributed by atoms with Crippen molar-refractivity contribution in [3.05, 3.63) is 28.8 Å². The number of rotatable bonds is 4. The normalized spacial score (nSPS) is 14.0. The number of likely N-dealkylation sites (N-methyl/N-ethyl adjacent to an activating group) is 1. The Morgan fingerprint density at radius 3 is 2.32 bits per heavy atom. The summed E-state index contributed by atoms with van der Waals surface area (Å²) in [6, 6.07) is 4.94. The number of methoxy groups -OCH3 is 1. The highest BCUT2D eigenvalue weighted by atomic mass is 35.5. The molecule has 6 heteroatoms. The monoisotopic (exact) mass is 327 g/mol. The quantitative estimate of drug-likeness (QED) is 0.792. The van der Waals surface area contributed by atoms with Crippen LogP contribution in [0.3, 0.4) is 0 Å².